The highest BCUT2D eigenvalue weighted by molar-refractivity contribution is 8.00. The zero-order valence-electron chi connectivity index (χ0n) is 13.0. The molecule has 10 heteroatoms. The Kier molecular flexibility index (Phi) is 5.14. The summed E-state index contributed by atoms with van der Waals surface area (Å²) in [5.74, 6) is 0.438. The van der Waals surface area contributed by atoms with E-state index in [4.69, 9.17) is 9.52 Å². The lowest BCUT2D eigenvalue weighted by molar-refractivity contribution is -0.137. The van der Waals surface area contributed by atoms with E-state index in [-0.39, 0.29) is 34.7 Å². The standard InChI is InChI=1S/C16H12F3N3O3S/c17-16(18,19)11-4-2-1-3-10(11)12-5-6-13(25-12)14-20-15(22-21-14)26-9(7-23)8-24/h1-7,9,24H,8H2,(H,20,21,22). The van der Waals surface area contributed by atoms with Crippen molar-refractivity contribution in [1.82, 2.24) is 15.2 Å². The molecule has 1 aromatic carbocycles. The molecule has 0 fully saturated rings. The summed E-state index contributed by atoms with van der Waals surface area (Å²) in [6.45, 7) is -0.364. The van der Waals surface area contributed by atoms with Gasteiger partial charge in [0.05, 0.1) is 17.4 Å². The van der Waals surface area contributed by atoms with E-state index < -0.39 is 17.0 Å². The van der Waals surface area contributed by atoms with Crippen molar-refractivity contribution >= 4 is 18.0 Å². The third-order valence-corrected chi connectivity index (χ3v) is 4.35. The number of aromatic amines is 1. The van der Waals surface area contributed by atoms with Gasteiger partial charge in [-0.2, -0.15) is 18.2 Å². The molecule has 0 aliphatic heterocycles. The Bertz CT molecular complexity index is 907. The fraction of sp³-hybridized carbons (Fsp3) is 0.188. The molecule has 3 aromatic rings. The summed E-state index contributed by atoms with van der Waals surface area (Å²) < 4.78 is 44.9. The van der Waals surface area contributed by atoms with Gasteiger partial charge in [0.15, 0.2) is 11.6 Å². The van der Waals surface area contributed by atoms with Gasteiger partial charge in [-0.1, -0.05) is 30.0 Å². The molecule has 26 heavy (non-hydrogen) atoms. The number of aliphatic hydroxyl groups is 1. The van der Waals surface area contributed by atoms with Gasteiger partial charge in [-0.15, -0.1) is 5.10 Å². The van der Waals surface area contributed by atoms with Gasteiger partial charge >= 0.3 is 6.18 Å². The monoisotopic (exact) mass is 383 g/mol. The Morgan fingerprint density at radius 3 is 2.65 bits per heavy atom. The average Bonchev–Trinajstić information content (AvgIpc) is 3.28. The summed E-state index contributed by atoms with van der Waals surface area (Å²) in [5.41, 5.74) is -0.881. The van der Waals surface area contributed by atoms with Gasteiger partial charge in [0.1, 0.15) is 12.0 Å². The van der Waals surface area contributed by atoms with Crippen molar-refractivity contribution in [2.75, 3.05) is 6.61 Å². The van der Waals surface area contributed by atoms with Crippen LogP contribution in [0.25, 0.3) is 22.9 Å². The topological polar surface area (TPSA) is 92.0 Å². The highest BCUT2D eigenvalue weighted by Gasteiger charge is 2.34. The Hall–Kier alpha value is -2.59. The molecule has 1 unspecified atom stereocenters. The van der Waals surface area contributed by atoms with Crippen molar-refractivity contribution in [2.45, 2.75) is 16.6 Å². The van der Waals surface area contributed by atoms with Crippen LogP contribution in [-0.2, 0) is 11.0 Å². The maximum absolute atomic E-state index is 13.1. The van der Waals surface area contributed by atoms with Crippen LogP contribution in [0.3, 0.4) is 0 Å². The number of halogens is 3. The molecule has 0 radical (unpaired) electrons. The molecule has 0 aliphatic carbocycles. The van der Waals surface area contributed by atoms with Crippen molar-refractivity contribution in [2.24, 2.45) is 0 Å². The molecule has 136 valence electrons. The second-order valence-corrected chi connectivity index (χ2v) is 6.36. The highest BCUT2D eigenvalue weighted by Crippen LogP contribution is 2.38. The van der Waals surface area contributed by atoms with E-state index >= 15 is 0 Å². The van der Waals surface area contributed by atoms with Crippen molar-refractivity contribution in [3.05, 3.63) is 42.0 Å². The number of furan rings is 1. The minimum Gasteiger partial charge on any atom is -0.453 e. The van der Waals surface area contributed by atoms with Gasteiger partial charge in [-0.25, -0.2) is 0 Å². The number of nitrogens with zero attached hydrogens (tertiary/aromatic N) is 2. The van der Waals surface area contributed by atoms with Crippen LogP contribution in [0.4, 0.5) is 13.2 Å². The van der Waals surface area contributed by atoms with Crippen molar-refractivity contribution in [3.63, 3.8) is 0 Å². The molecule has 1 atom stereocenters. The summed E-state index contributed by atoms with van der Waals surface area (Å²) in [6, 6.07) is 7.99. The summed E-state index contributed by atoms with van der Waals surface area (Å²) >= 11 is 0.951. The Labute approximate surface area is 149 Å². The number of nitrogens with one attached hydrogen (secondary N) is 1. The van der Waals surface area contributed by atoms with Crippen LogP contribution < -0.4 is 0 Å². The van der Waals surface area contributed by atoms with Crippen LogP contribution in [0.5, 0.6) is 0 Å². The van der Waals surface area contributed by atoms with Crippen molar-refractivity contribution in [1.29, 1.82) is 0 Å². The molecule has 0 aliphatic rings. The van der Waals surface area contributed by atoms with E-state index in [1.54, 1.807) is 0 Å². The maximum atomic E-state index is 13.1. The first kappa shape index (κ1) is 18.2. The fourth-order valence-electron chi connectivity index (χ4n) is 2.21. The molecular formula is C16H12F3N3O3S. The second-order valence-electron chi connectivity index (χ2n) is 5.15. The molecule has 0 spiro atoms. The number of thioether (sulfide) groups is 1. The number of H-pyrrole nitrogens is 1. The first-order chi connectivity index (χ1) is 12.4. The summed E-state index contributed by atoms with van der Waals surface area (Å²) in [5, 5.41) is 15.0. The van der Waals surface area contributed by atoms with Gasteiger partial charge < -0.3 is 14.3 Å². The number of aliphatic hydroxyl groups excluding tert-OH is 1. The van der Waals surface area contributed by atoms with E-state index in [1.165, 1.54) is 30.3 Å². The van der Waals surface area contributed by atoms with Crippen LogP contribution in [0.15, 0.2) is 46.0 Å². The zero-order chi connectivity index (χ0) is 18.7. The van der Waals surface area contributed by atoms with E-state index in [1.807, 2.05) is 0 Å². The van der Waals surface area contributed by atoms with E-state index in [9.17, 15) is 18.0 Å². The zero-order valence-corrected chi connectivity index (χ0v) is 13.8. The van der Waals surface area contributed by atoms with Crippen molar-refractivity contribution in [3.8, 4) is 22.9 Å². The number of carbonyl (C=O) groups excluding carboxylic acids is 1. The highest BCUT2D eigenvalue weighted by atomic mass is 32.2. The summed E-state index contributed by atoms with van der Waals surface area (Å²) in [6.07, 6.45) is -3.94. The fourth-order valence-corrected chi connectivity index (χ4v) is 2.85. The largest absolute Gasteiger partial charge is 0.453 e. The normalized spacial score (nSPS) is 12.9. The van der Waals surface area contributed by atoms with Gasteiger partial charge in [-0.05, 0) is 18.2 Å². The molecule has 3 rings (SSSR count). The predicted molar refractivity (Wildman–Crippen MR) is 87.3 cm³/mol. The maximum Gasteiger partial charge on any atom is 0.417 e. The molecule has 2 aromatic heterocycles. The third kappa shape index (κ3) is 3.81. The molecule has 2 heterocycles. The number of aromatic nitrogens is 3. The lowest BCUT2D eigenvalue weighted by Gasteiger charge is -2.10. The first-order valence-electron chi connectivity index (χ1n) is 7.34. The SMILES string of the molecule is O=CC(CO)Sc1n[nH]c(-c2ccc(-c3ccccc3C(F)(F)F)o2)n1. The van der Waals surface area contributed by atoms with E-state index in [0.29, 0.717) is 6.29 Å². The second kappa shape index (κ2) is 7.34. The molecular weight excluding hydrogens is 371 g/mol. The van der Waals surface area contributed by atoms with Crippen LogP contribution >= 0.6 is 11.8 Å². The number of aldehydes is 1. The van der Waals surface area contributed by atoms with Crippen LogP contribution in [0.1, 0.15) is 5.56 Å². The first-order valence-corrected chi connectivity index (χ1v) is 8.22. The minimum absolute atomic E-state index is 0.0413. The number of alkyl halides is 3. The molecule has 2 N–H and O–H groups in total. The molecule has 0 amide bonds. The van der Waals surface area contributed by atoms with Gasteiger partial charge in [0.25, 0.3) is 0 Å². The van der Waals surface area contributed by atoms with Crippen LogP contribution in [0.2, 0.25) is 0 Å². The Morgan fingerprint density at radius 2 is 1.96 bits per heavy atom. The average molecular weight is 383 g/mol. The minimum atomic E-state index is -4.51. The van der Waals surface area contributed by atoms with Gasteiger partial charge in [-0.3, -0.25) is 5.10 Å². The number of benzene rings is 1. The summed E-state index contributed by atoms with van der Waals surface area (Å²) in [7, 11) is 0. The lowest BCUT2D eigenvalue weighted by atomic mass is 10.1. The number of hydrogen-bond donors (Lipinski definition) is 2. The number of hydrogen-bond acceptors (Lipinski definition) is 6. The van der Waals surface area contributed by atoms with Crippen LogP contribution in [0, 0.1) is 0 Å². The number of carbonyl (C=O) groups is 1. The molecule has 0 bridgehead atoms. The predicted octanol–water partition coefficient (Wildman–Crippen LogP) is 3.40. The Balaban J connectivity index is 1.88. The number of rotatable bonds is 6. The molecule has 6 nitrogen and oxygen atoms in total. The van der Waals surface area contributed by atoms with E-state index in [2.05, 4.69) is 15.2 Å². The van der Waals surface area contributed by atoms with Gasteiger partial charge in [0.2, 0.25) is 5.16 Å². The molecule has 0 saturated heterocycles. The third-order valence-electron chi connectivity index (χ3n) is 3.39. The van der Waals surface area contributed by atoms with Gasteiger partial charge in [0, 0.05) is 5.56 Å². The van der Waals surface area contributed by atoms with Crippen LogP contribution in [-0.4, -0.2) is 38.4 Å². The smallest absolute Gasteiger partial charge is 0.417 e. The molecule has 0 saturated carbocycles. The lowest BCUT2D eigenvalue weighted by Crippen LogP contribution is -2.09. The van der Waals surface area contributed by atoms with E-state index in [0.717, 1.165) is 17.8 Å². The summed E-state index contributed by atoms with van der Waals surface area (Å²) in [4.78, 5) is 14.8. The Morgan fingerprint density at radius 1 is 1.23 bits per heavy atom. The quantitative estimate of drug-likeness (QED) is 0.501. The van der Waals surface area contributed by atoms with Crippen molar-refractivity contribution < 1.29 is 27.5 Å².